The first kappa shape index (κ1) is 24.4. The lowest BCUT2D eigenvalue weighted by Gasteiger charge is -2.01. The topological polar surface area (TPSA) is 112 Å². The highest BCUT2D eigenvalue weighted by molar-refractivity contribution is 5.89. The highest BCUT2D eigenvalue weighted by Crippen LogP contribution is 2.11. The number of rotatable bonds is 14. The predicted molar refractivity (Wildman–Crippen MR) is 93.1 cm³/mol. The van der Waals surface area contributed by atoms with Crippen LogP contribution in [0.15, 0.2) is 12.2 Å². The predicted octanol–water partition coefficient (Wildman–Crippen LogP) is 4.48. The van der Waals surface area contributed by atoms with Crippen LogP contribution in [0.5, 0.6) is 0 Å². The fraction of sp³-hybridized carbons (Fsp3) is 0.722. The van der Waals surface area contributed by atoms with E-state index >= 15 is 0 Å². The van der Waals surface area contributed by atoms with Gasteiger partial charge >= 0.3 is 17.9 Å². The molecule has 0 aromatic heterocycles. The maximum absolute atomic E-state index is 10.3. The van der Waals surface area contributed by atoms with E-state index in [1.54, 1.807) is 0 Å². The van der Waals surface area contributed by atoms with Gasteiger partial charge in [-0.3, -0.25) is 4.79 Å². The number of carbonyl (C=O) groups is 3. The zero-order valence-corrected chi connectivity index (χ0v) is 14.7. The van der Waals surface area contributed by atoms with Crippen LogP contribution in [0.2, 0.25) is 0 Å². The number of carboxylic acids is 3. The highest BCUT2D eigenvalue weighted by Gasteiger charge is 1.96. The fourth-order valence-electron chi connectivity index (χ4n) is 2.08. The smallest absolute Gasteiger partial charge is 0.328 e. The largest absolute Gasteiger partial charge is 0.481 e. The van der Waals surface area contributed by atoms with E-state index in [9.17, 15) is 14.4 Å². The molecule has 0 amide bonds. The van der Waals surface area contributed by atoms with Crippen molar-refractivity contribution in [2.75, 3.05) is 0 Å². The lowest BCUT2D eigenvalue weighted by molar-refractivity contribution is -0.137. The summed E-state index contributed by atoms with van der Waals surface area (Å²) >= 11 is 0. The van der Waals surface area contributed by atoms with Gasteiger partial charge in [0.05, 0.1) is 0 Å². The Hall–Kier alpha value is -1.85. The molecule has 0 rings (SSSR count). The van der Waals surface area contributed by atoms with Crippen molar-refractivity contribution in [1.29, 1.82) is 0 Å². The molecule has 0 spiro atoms. The first-order valence-corrected chi connectivity index (χ1v) is 8.75. The summed E-state index contributed by atoms with van der Waals surface area (Å²) in [5.41, 5.74) is 0. The summed E-state index contributed by atoms with van der Waals surface area (Å²) < 4.78 is 0. The van der Waals surface area contributed by atoms with Crippen molar-refractivity contribution in [3.8, 4) is 0 Å². The average Bonchev–Trinajstić information content (AvgIpc) is 2.51. The molecule has 0 bridgehead atoms. The number of aliphatic carboxylic acids is 3. The van der Waals surface area contributed by atoms with E-state index < -0.39 is 17.9 Å². The minimum atomic E-state index is -1.26. The van der Waals surface area contributed by atoms with Crippen LogP contribution in [0.3, 0.4) is 0 Å². The van der Waals surface area contributed by atoms with Crippen LogP contribution in [-0.2, 0) is 14.4 Å². The summed E-state index contributed by atoms with van der Waals surface area (Å²) in [7, 11) is 0. The third kappa shape index (κ3) is 28.3. The van der Waals surface area contributed by atoms with E-state index in [0.717, 1.165) is 12.8 Å². The van der Waals surface area contributed by atoms with Crippen molar-refractivity contribution >= 4 is 17.9 Å². The normalized spacial score (nSPS) is 10.2. The first-order valence-electron chi connectivity index (χ1n) is 8.75. The Balaban J connectivity index is 0. The maximum atomic E-state index is 10.3. The molecule has 0 heterocycles. The third-order valence-corrected chi connectivity index (χ3v) is 3.36. The summed E-state index contributed by atoms with van der Waals surface area (Å²) in [6, 6.07) is 0. The van der Waals surface area contributed by atoms with Gasteiger partial charge in [-0.25, -0.2) is 9.59 Å². The Morgan fingerprint density at radius 3 is 1.25 bits per heavy atom. The molecule has 0 aromatic rings. The first-order chi connectivity index (χ1) is 11.4. The van der Waals surface area contributed by atoms with E-state index in [2.05, 4.69) is 6.92 Å². The molecular weight excluding hydrogens is 312 g/mol. The molecule has 0 atom stereocenters. The van der Waals surface area contributed by atoms with Crippen molar-refractivity contribution < 1.29 is 29.7 Å². The zero-order chi connectivity index (χ0) is 18.6. The van der Waals surface area contributed by atoms with Crippen LogP contribution in [0.4, 0.5) is 0 Å². The summed E-state index contributed by atoms with van der Waals surface area (Å²) in [6.45, 7) is 2.25. The molecule has 0 aromatic carbocycles. The lowest BCUT2D eigenvalue weighted by atomic mass is 10.1. The van der Waals surface area contributed by atoms with Gasteiger partial charge in [0.15, 0.2) is 0 Å². The Morgan fingerprint density at radius 1 is 0.625 bits per heavy atom. The molecular formula is C18H32O6. The second kappa shape index (κ2) is 19.2. The van der Waals surface area contributed by atoms with Gasteiger partial charge in [-0.15, -0.1) is 0 Å². The van der Waals surface area contributed by atoms with E-state index in [-0.39, 0.29) is 0 Å². The quantitative estimate of drug-likeness (QED) is 0.316. The third-order valence-electron chi connectivity index (χ3n) is 3.36. The standard InChI is InChI=1S/C14H28O2.C4H4O4/c1-2-3-4-5-6-7-8-9-10-11-12-13-14(15)16;5-3(6)1-2-4(7)8/h2-13H2,1H3,(H,15,16);1-2H,(H,5,6)(H,7,8)/b;2-1-. The molecule has 6 nitrogen and oxygen atoms in total. The molecule has 0 saturated heterocycles. The molecule has 0 unspecified atom stereocenters. The fourth-order valence-corrected chi connectivity index (χ4v) is 2.08. The van der Waals surface area contributed by atoms with E-state index in [4.69, 9.17) is 15.3 Å². The van der Waals surface area contributed by atoms with Gasteiger partial charge in [0.2, 0.25) is 0 Å². The van der Waals surface area contributed by atoms with Gasteiger partial charge in [0.1, 0.15) is 0 Å². The van der Waals surface area contributed by atoms with E-state index in [1.807, 2.05) is 0 Å². The number of hydrogen-bond donors (Lipinski definition) is 3. The molecule has 0 aliphatic rings. The molecule has 0 aliphatic carbocycles. The van der Waals surface area contributed by atoms with Crippen molar-refractivity contribution in [2.45, 2.75) is 84.0 Å². The summed E-state index contributed by atoms with van der Waals surface area (Å²) in [4.78, 5) is 29.4. The summed E-state index contributed by atoms with van der Waals surface area (Å²) in [6.07, 6.45) is 15.5. The van der Waals surface area contributed by atoms with Crippen molar-refractivity contribution in [1.82, 2.24) is 0 Å². The van der Waals surface area contributed by atoms with Crippen LogP contribution in [0, 0.1) is 0 Å². The Bertz CT molecular complexity index is 347. The Kier molecular flexibility index (Phi) is 19.5. The van der Waals surface area contributed by atoms with Gasteiger partial charge in [0.25, 0.3) is 0 Å². The molecule has 6 heteroatoms. The average molecular weight is 344 g/mol. The molecule has 0 radical (unpaired) electrons. The van der Waals surface area contributed by atoms with Gasteiger partial charge in [0, 0.05) is 18.6 Å². The van der Waals surface area contributed by atoms with E-state index in [1.165, 1.54) is 57.8 Å². The van der Waals surface area contributed by atoms with Crippen LogP contribution in [0.1, 0.15) is 84.0 Å². The summed E-state index contributed by atoms with van der Waals surface area (Å²) in [5, 5.41) is 24.1. The maximum Gasteiger partial charge on any atom is 0.328 e. The van der Waals surface area contributed by atoms with Crippen molar-refractivity contribution in [2.24, 2.45) is 0 Å². The van der Waals surface area contributed by atoms with Crippen LogP contribution in [-0.4, -0.2) is 33.2 Å². The molecule has 3 N–H and O–H groups in total. The van der Waals surface area contributed by atoms with Crippen LogP contribution < -0.4 is 0 Å². The minimum absolute atomic E-state index is 0.344. The highest BCUT2D eigenvalue weighted by atomic mass is 16.4. The van der Waals surface area contributed by atoms with Gasteiger partial charge in [-0.2, -0.15) is 0 Å². The van der Waals surface area contributed by atoms with Crippen molar-refractivity contribution in [3.05, 3.63) is 12.2 Å². The minimum Gasteiger partial charge on any atom is -0.481 e. The zero-order valence-electron chi connectivity index (χ0n) is 14.7. The van der Waals surface area contributed by atoms with E-state index in [0.29, 0.717) is 18.6 Å². The molecule has 0 aliphatic heterocycles. The molecule has 24 heavy (non-hydrogen) atoms. The molecule has 140 valence electrons. The lowest BCUT2D eigenvalue weighted by Crippen LogP contribution is -1.93. The number of hydrogen-bond acceptors (Lipinski definition) is 3. The van der Waals surface area contributed by atoms with Gasteiger partial charge in [-0.05, 0) is 6.42 Å². The SMILES string of the molecule is CCCCCCCCCCCCCC(=O)O.O=C(O)/C=C\C(=O)O. The number of unbranched alkanes of at least 4 members (excludes halogenated alkanes) is 10. The second-order valence-corrected chi connectivity index (χ2v) is 5.69. The molecule has 0 saturated carbocycles. The van der Waals surface area contributed by atoms with Crippen LogP contribution >= 0.6 is 0 Å². The van der Waals surface area contributed by atoms with Crippen molar-refractivity contribution in [3.63, 3.8) is 0 Å². The Labute approximate surface area is 144 Å². The van der Waals surface area contributed by atoms with Gasteiger partial charge in [-0.1, -0.05) is 71.1 Å². The monoisotopic (exact) mass is 344 g/mol. The van der Waals surface area contributed by atoms with Gasteiger partial charge < -0.3 is 15.3 Å². The van der Waals surface area contributed by atoms with Crippen LogP contribution in [0.25, 0.3) is 0 Å². The number of carboxylic acid groups (broad SMARTS) is 3. The Morgan fingerprint density at radius 2 is 0.958 bits per heavy atom. The summed E-state index contributed by atoms with van der Waals surface area (Å²) in [5.74, 6) is -3.17. The second-order valence-electron chi connectivity index (χ2n) is 5.69. The molecule has 0 fully saturated rings.